The van der Waals surface area contributed by atoms with Gasteiger partial charge in [-0.1, -0.05) is 33.6 Å². The van der Waals surface area contributed by atoms with Gasteiger partial charge < -0.3 is 10.1 Å². The van der Waals surface area contributed by atoms with Gasteiger partial charge in [0.25, 0.3) is 0 Å². The average Bonchev–Trinajstić information content (AvgIpc) is 2.40. The van der Waals surface area contributed by atoms with Crippen LogP contribution in [0.3, 0.4) is 0 Å². The van der Waals surface area contributed by atoms with Crippen LogP contribution < -0.4 is 10.1 Å². The summed E-state index contributed by atoms with van der Waals surface area (Å²) in [6.07, 6.45) is 5.58. The maximum atomic E-state index is 5.71. The second-order valence-corrected chi connectivity index (χ2v) is 7.70. The SMILES string of the molecule is CC(C)Oc1ccc(NC2CCCCC2C(C)(C)C)cc1. The molecule has 0 radical (unpaired) electrons. The monoisotopic (exact) mass is 289 g/mol. The summed E-state index contributed by atoms with van der Waals surface area (Å²) in [6, 6.07) is 9.02. The molecule has 1 aromatic rings. The van der Waals surface area contributed by atoms with Crippen LogP contribution in [0.4, 0.5) is 5.69 Å². The van der Waals surface area contributed by atoms with Crippen LogP contribution in [0, 0.1) is 11.3 Å². The largest absolute Gasteiger partial charge is 0.491 e. The molecule has 2 rings (SSSR count). The fraction of sp³-hybridized carbons (Fsp3) is 0.684. The van der Waals surface area contributed by atoms with Gasteiger partial charge in [0.05, 0.1) is 6.10 Å². The highest BCUT2D eigenvalue weighted by Crippen LogP contribution is 2.39. The Morgan fingerprint density at radius 3 is 2.24 bits per heavy atom. The number of hydrogen-bond donors (Lipinski definition) is 1. The average molecular weight is 289 g/mol. The lowest BCUT2D eigenvalue weighted by Crippen LogP contribution is -2.39. The van der Waals surface area contributed by atoms with E-state index in [0.717, 1.165) is 11.7 Å². The molecule has 1 aromatic carbocycles. The molecule has 1 saturated carbocycles. The zero-order chi connectivity index (χ0) is 15.5. The highest BCUT2D eigenvalue weighted by molar-refractivity contribution is 5.47. The molecule has 2 unspecified atom stereocenters. The van der Waals surface area contributed by atoms with Gasteiger partial charge in [0.15, 0.2) is 0 Å². The van der Waals surface area contributed by atoms with Crippen molar-refractivity contribution in [1.29, 1.82) is 0 Å². The van der Waals surface area contributed by atoms with Crippen molar-refractivity contribution in [3.05, 3.63) is 24.3 Å². The molecule has 0 aromatic heterocycles. The first kappa shape index (κ1) is 16.2. The molecule has 0 heterocycles. The Bertz CT molecular complexity index is 430. The molecular formula is C19H31NO. The van der Waals surface area contributed by atoms with Crippen LogP contribution in [0.2, 0.25) is 0 Å². The van der Waals surface area contributed by atoms with Crippen LogP contribution in [-0.2, 0) is 0 Å². The van der Waals surface area contributed by atoms with E-state index in [9.17, 15) is 0 Å². The Morgan fingerprint density at radius 2 is 1.67 bits per heavy atom. The number of rotatable bonds is 4. The maximum Gasteiger partial charge on any atom is 0.119 e. The van der Waals surface area contributed by atoms with Crippen molar-refractivity contribution < 1.29 is 4.74 Å². The zero-order valence-corrected chi connectivity index (χ0v) is 14.3. The van der Waals surface area contributed by atoms with Gasteiger partial charge in [-0.3, -0.25) is 0 Å². The molecule has 0 bridgehead atoms. The predicted octanol–water partition coefficient (Wildman–Crippen LogP) is 5.49. The zero-order valence-electron chi connectivity index (χ0n) is 14.3. The lowest BCUT2D eigenvalue weighted by molar-refractivity contribution is 0.163. The fourth-order valence-corrected chi connectivity index (χ4v) is 3.46. The second kappa shape index (κ2) is 6.72. The predicted molar refractivity (Wildman–Crippen MR) is 91.0 cm³/mol. The van der Waals surface area contributed by atoms with Crippen molar-refractivity contribution >= 4 is 5.69 Å². The highest BCUT2D eigenvalue weighted by Gasteiger charge is 2.33. The van der Waals surface area contributed by atoms with Crippen LogP contribution in [-0.4, -0.2) is 12.1 Å². The van der Waals surface area contributed by atoms with Crippen LogP contribution >= 0.6 is 0 Å². The van der Waals surface area contributed by atoms with Crippen molar-refractivity contribution in [2.24, 2.45) is 11.3 Å². The number of ether oxygens (including phenoxy) is 1. The molecule has 118 valence electrons. The van der Waals surface area contributed by atoms with E-state index in [1.807, 2.05) is 0 Å². The van der Waals surface area contributed by atoms with E-state index in [0.29, 0.717) is 11.5 Å². The van der Waals surface area contributed by atoms with Gasteiger partial charge in [0, 0.05) is 11.7 Å². The van der Waals surface area contributed by atoms with Crippen molar-refractivity contribution in [3.63, 3.8) is 0 Å². The molecule has 1 N–H and O–H groups in total. The molecule has 2 nitrogen and oxygen atoms in total. The Morgan fingerprint density at radius 1 is 1.05 bits per heavy atom. The van der Waals surface area contributed by atoms with E-state index in [-0.39, 0.29) is 6.10 Å². The minimum Gasteiger partial charge on any atom is -0.491 e. The van der Waals surface area contributed by atoms with Crippen molar-refractivity contribution in [2.75, 3.05) is 5.32 Å². The first-order valence-corrected chi connectivity index (χ1v) is 8.39. The molecule has 1 aliphatic rings. The number of anilines is 1. The van der Waals surface area contributed by atoms with Crippen LogP contribution in [0.25, 0.3) is 0 Å². The molecule has 0 amide bonds. The quantitative estimate of drug-likeness (QED) is 0.791. The molecule has 2 heteroatoms. The lowest BCUT2D eigenvalue weighted by Gasteiger charge is -2.41. The van der Waals surface area contributed by atoms with Crippen LogP contribution in [0.1, 0.15) is 60.3 Å². The van der Waals surface area contributed by atoms with Crippen LogP contribution in [0.15, 0.2) is 24.3 Å². The molecule has 0 saturated heterocycles. The van der Waals surface area contributed by atoms with Gasteiger partial charge in [-0.25, -0.2) is 0 Å². The third kappa shape index (κ3) is 4.66. The summed E-state index contributed by atoms with van der Waals surface area (Å²) in [6.45, 7) is 11.2. The van der Waals surface area contributed by atoms with Gasteiger partial charge in [0.1, 0.15) is 5.75 Å². The summed E-state index contributed by atoms with van der Waals surface area (Å²) in [4.78, 5) is 0. The number of nitrogens with one attached hydrogen (secondary N) is 1. The topological polar surface area (TPSA) is 21.3 Å². The fourth-order valence-electron chi connectivity index (χ4n) is 3.46. The Hall–Kier alpha value is -1.18. The van der Waals surface area contributed by atoms with E-state index in [1.165, 1.54) is 31.4 Å². The minimum absolute atomic E-state index is 0.229. The summed E-state index contributed by atoms with van der Waals surface area (Å²) < 4.78 is 5.71. The van der Waals surface area contributed by atoms with E-state index in [1.54, 1.807) is 0 Å². The normalized spacial score (nSPS) is 23.1. The van der Waals surface area contributed by atoms with E-state index in [4.69, 9.17) is 4.74 Å². The van der Waals surface area contributed by atoms with Crippen LogP contribution in [0.5, 0.6) is 5.75 Å². The first-order chi connectivity index (χ1) is 9.86. The van der Waals surface area contributed by atoms with E-state index in [2.05, 4.69) is 64.2 Å². The molecule has 0 spiro atoms. The standard InChI is InChI=1S/C19H31NO/c1-14(2)21-16-12-10-15(11-13-16)20-18-9-7-6-8-17(18)19(3,4)5/h10-14,17-18,20H,6-9H2,1-5H3. The Balaban J connectivity index is 2.02. The minimum atomic E-state index is 0.229. The van der Waals surface area contributed by atoms with E-state index < -0.39 is 0 Å². The molecule has 0 aliphatic heterocycles. The third-order valence-corrected chi connectivity index (χ3v) is 4.46. The van der Waals surface area contributed by atoms with Crippen molar-refractivity contribution in [3.8, 4) is 5.75 Å². The lowest BCUT2D eigenvalue weighted by atomic mass is 9.69. The first-order valence-electron chi connectivity index (χ1n) is 8.39. The van der Waals surface area contributed by atoms with Gasteiger partial charge >= 0.3 is 0 Å². The molecule has 1 aliphatic carbocycles. The molecule has 2 atom stereocenters. The third-order valence-electron chi connectivity index (χ3n) is 4.46. The molecular weight excluding hydrogens is 258 g/mol. The summed E-state index contributed by atoms with van der Waals surface area (Å²) >= 11 is 0. The van der Waals surface area contributed by atoms with Gasteiger partial charge in [0.2, 0.25) is 0 Å². The summed E-state index contributed by atoms with van der Waals surface area (Å²) in [5.74, 6) is 1.70. The molecule has 21 heavy (non-hydrogen) atoms. The van der Waals surface area contributed by atoms with Crippen molar-refractivity contribution in [2.45, 2.75) is 72.4 Å². The summed E-state index contributed by atoms with van der Waals surface area (Å²) in [5.41, 5.74) is 1.59. The summed E-state index contributed by atoms with van der Waals surface area (Å²) in [5, 5.41) is 3.76. The smallest absolute Gasteiger partial charge is 0.119 e. The summed E-state index contributed by atoms with van der Waals surface area (Å²) in [7, 11) is 0. The maximum absolute atomic E-state index is 5.71. The highest BCUT2D eigenvalue weighted by atomic mass is 16.5. The second-order valence-electron chi connectivity index (χ2n) is 7.70. The Labute approximate surface area is 130 Å². The van der Waals surface area contributed by atoms with Gasteiger partial charge in [-0.15, -0.1) is 0 Å². The number of hydrogen-bond acceptors (Lipinski definition) is 2. The van der Waals surface area contributed by atoms with Gasteiger partial charge in [-0.2, -0.15) is 0 Å². The number of benzene rings is 1. The molecule has 1 fully saturated rings. The Kier molecular flexibility index (Phi) is 5.18. The van der Waals surface area contributed by atoms with Crippen molar-refractivity contribution in [1.82, 2.24) is 0 Å². The van der Waals surface area contributed by atoms with E-state index >= 15 is 0 Å². The van der Waals surface area contributed by atoms with Gasteiger partial charge in [-0.05, 0) is 62.3 Å².